The highest BCUT2D eigenvalue weighted by atomic mass is 19.1. The summed E-state index contributed by atoms with van der Waals surface area (Å²) in [5.41, 5.74) is 6.35. The van der Waals surface area contributed by atoms with Crippen molar-refractivity contribution in [1.29, 1.82) is 0 Å². The van der Waals surface area contributed by atoms with Gasteiger partial charge in [0.25, 0.3) is 0 Å². The van der Waals surface area contributed by atoms with Gasteiger partial charge in [-0.25, -0.2) is 4.39 Å². The Morgan fingerprint density at radius 3 is 2.80 bits per heavy atom. The maximum Gasteiger partial charge on any atom is 0.154 e. The van der Waals surface area contributed by atoms with Crippen LogP contribution in [0.25, 0.3) is 11.1 Å². The van der Waals surface area contributed by atoms with Crippen molar-refractivity contribution >= 4 is 5.82 Å². The fourth-order valence-corrected chi connectivity index (χ4v) is 3.25. The first-order valence-corrected chi connectivity index (χ1v) is 8.39. The third-order valence-electron chi connectivity index (χ3n) is 4.83. The van der Waals surface area contributed by atoms with Crippen LogP contribution < -0.4 is 4.90 Å². The molecule has 5 heteroatoms. The van der Waals surface area contributed by atoms with Crippen LogP contribution in [0.4, 0.5) is 10.2 Å². The summed E-state index contributed by atoms with van der Waals surface area (Å²) in [4.78, 5) is 6.85. The van der Waals surface area contributed by atoms with Gasteiger partial charge >= 0.3 is 0 Å². The number of anilines is 1. The molecule has 0 saturated carbocycles. The minimum absolute atomic E-state index is 0.234. The van der Waals surface area contributed by atoms with Crippen molar-refractivity contribution in [3.63, 3.8) is 0 Å². The van der Waals surface area contributed by atoms with Gasteiger partial charge in [0.1, 0.15) is 5.82 Å². The van der Waals surface area contributed by atoms with Gasteiger partial charge in [-0.3, -0.25) is 4.98 Å². The van der Waals surface area contributed by atoms with E-state index >= 15 is 0 Å². The van der Waals surface area contributed by atoms with E-state index < -0.39 is 0 Å². The van der Waals surface area contributed by atoms with E-state index in [4.69, 9.17) is 0 Å². The SMILES string of the molecule is Cc1cnnc(N2CCc3ncc(-c4cccc(F)c4)cc3C2)c1C. The first-order valence-electron chi connectivity index (χ1n) is 8.39. The lowest BCUT2D eigenvalue weighted by molar-refractivity contribution is 0.628. The van der Waals surface area contributed by atoms with Crippen LogP contribution >= 0.6 is 0 Å². The highest BCUT2D eigenvalue weighted by molar-refractivity contribution is 5.64. The van der Waals surface area contributed by atoms with Crippen LogP contribution in [-0.2, 0) is 13.0 Å². The molecule has 1 aliphatic rings. The predicted molar refractivity (Wildman–Crippen MR) is 95.9 cm³/mol. The molecule has 2 aromatic heterocycles. The second-order valence-corrected chi connectivity index (χ2v) is 6.49. The Balaban J connectivity index is 1.68. The third kappa shape index (κ3) is 2.97. The molecule has 0 atom stereocenters. The smallest absolute Gasteiger partial charge is 0.154 e. The number of rotatable bonds is 2. The summed E-state index contributed by atoms with van der Waals surface area (Å²) in [5.74, 6) is 0.698. The number of pyridine rings is 1. The summed E-state index contributed by atoms with van der Waals surface area (Å²) >= 11 is 0. The normalized spacial score (nSPS) is 13.6. The maximum absolute atomic E-state index is 13.5. The molecule has 0 unspecified atom stereocenters. The molecule has 0 aliphatic carbocycles. The molecule has 0 N–H and O–H groups in total. The van der Waals surface area contributed by atoms with Gasteiger partial charge in [0.05, 0.1) is 6.20 Å². The summed E-state index contributed by atoms with van der Waals surface area (Å²) in [6.45, 7) is 5.74. The topological polar surface area (TPSA) is 41.9 Å². The molecule has 1 aromatic carbocycles. The summed E-state index contributed by atoms with van der Waals surface area (Å²) in [6.07, 6.45) is 4.50. The number of aryl methyl sites for hydroxylation is 1. The van der Waals surface area contributed by atoms with Gasteiger partial charge in [0.15, 0.2) is 5.82 Å². The summed E-state index contributed by atoms with van der Waals surface area (Å²) in [6, 6.07) is 8.74. The summed E-state index contributed by atoms with van der Waals surface area (Å²) in [5, 5.41) is 8.44. The van der Waals surface area contributed by atoms with Gasteiger partial charge in [-0.15, -0.1) is 5.10 Å². The monoisotopic (exact) mass is 334 g/mol. The van der Waals surface area contributed by atoms with Crippen LogP contribution in [-0.4, -0.2) is 21.7 Å². The van der Waals surface area contributed by atoms with Crippen molar-refractivity contribution in [1.82, 2.24) is 15.2 Å². The number of benzene rings is 1. The van der Waals surface area contributed by atoms with E-state index in [-0.39, 0.29) is 5.82 Å². The number of fused-ring (bicyclic) bond motifs is 1. The Morgan fingerprint density at radius 2 is 1.96 bits per heavy atom. The molecule has 4 rings (SSSR count). The Morgan fingerprint density at radius 1 is 1.08 bits per heavy atom. The zero-order valence-corrected chi connectivity index (χ0v) is 14.3. The van der Waals surface area contributed by atoms with Gasteiger partial charge in [-0.05, 0) is 54.3 Å². The Kier molecular flexibility index (Phi) is 3.92. The minimum Gasteiger partial charge on any atom is -0.350 e. The zero-order valence-electron chi connectivity index (χ0n) is 14.3. The second kappa shape index (κ2) is 6.24. The zero-order chi connectivity index (χ0) is 17.4. The molecule has 4 nitrogen and oxygen atoms in total. The number of halogens is 1. The second-order valence-electron chi connectivity index (χ2n) is 6.49. The lowest BCUT2D eigenvalue weighted by Crippen LogP contribution is -2.32. The molecule has 25 heavy (non-hydrogen) atoms. The predicted octanol–water partition coefficient (Wildman–Crippen LogP) is 3.86. The molecular formula is C20H19FN4. The van der Waals surface area contributed by atoms with E-state index in [1.807, 2.05) is 12.3 Å². The molecule has 0 saturated heterocycles. The van der Waals surface area contributed by atoms with Crippen LogP contribution in [0.1, 0.15) is 22.4 Å². The fraction of sp³-hybridized carbons (Fsp3) is 0.250. The largest absolute Gasteiger partial charge is 0.350 e. The molecule has 0 fully saturated rings. The van der Waals surface area contributed by atoms with Gasteiger partial charge < -0.3 is 4.90 Å². The van der Waals surface area contributed by atoms with Gasteiger partial charge in [-0.2, -0.15) is 5.10 Å². The molecule has 1 aliphatic heterocycles. The van der Waals surface area contributed by atoms with Crippen LogP contribution in [0.15, 0.2) is 42.7 Å². The van der Waals surface area contributed by atoms with Crippen molar-refractivity contribution in [3.05, 3.63) is 70.9 Å². The van der Waals surface area contributed by atoms with Crippen molar-refractivity contribution in [2.45, 2.75) is 26.8 Å². The fourth-order valence-electron chi connectivity index (χ4n) is 3.25. The number of aromatic nitrogens is 3. The van der Waals surface area contributed by atoms with Gasteiger partial charge in [-0.1, -0.05) is 12.1 Å². The summed E-state index contributed by atoms with van der Waals surface area (Å²) in [7, 11) is 0. The molecule has 0 bridgehead atoms. The van der Waals surface area contributed by atoms with Crippen molar-refractivity contribution in [3.8, 4) is 11.1 Å². The number of hydrogen-bond donors (Lipinski definition) is 0. The molecule has 126 valence electrons. The Bertz CT molecular complexity index is 939. The number of hydrogen-bond acceptors (Lipinski definition) is 4. The maximum atomic E-state index is 13.5. The first-order chi connectivity index (χ1) is 12.1. The minimum atomic E-state index is -0.234. The third-order valence-corrected chi connectivity index (χ3v) is 4.83. The molecule has 3 aromatic rings. The standard InChI is InChI=1S/C20H19FN4/c1-13-10-23-24-20(14(13)2)25-7-6-19-17(12-25)8-16(11-22-19)15-4-3-5-18(21)9-15/h3-5,8-11H,6-7,12H2,1-2H3. The highest BCUT2D eigenvalue weighted by Crippen LogP contribution is 2.28. The van der Waals surface area contributed by atoms with Crippen molar-refractivity contribution < 1.29 is 4.39 Å². The van der Waals surface area contributed by atoms with E-state index in [1.54, 1.807) is 18.3 Å². The van der Waals surface area contributed by atoms with Crippen LogP contribution in [0, 0.1) is 19.7 Å². The average Bonchev–Trinajstić information content (AvgIpc) is 2.63. The van der Waals surface area contributed by atoms with Crippen LogP contribution in [0.5, 0.6) is 0 Å². The van der Waals surface area contributed by atoms with E-state index in [1.165, 1.54) is 6.07 Å². The van der Waals surface area contributed by atoms with Gasteiger partial charge in [0, 0.05) is 37.0 Å². The van der Waals surface area contributed by atoms with Crippen molar-refractivity contribution in [2.24, 2.45) is 0 Å². The van der Waals surface area contributed by atoms with Gasteiger partial charge in [0.2, 0.25) is 0 Å². The van der Waals surface area contributed by atoms with Crippen LogP contribution in [0.2, 0.25) is 0 Å². The molecular weight excluding hydrogens is 315 g/mol. The number of nitrogens with zero attached hydrogens (tertiary/aromatic N) is 4. The first kappa shape index (κ1) is 15.7. The molecule has 3 heterocycles. The quantitative estimate of drug-likeness (QED) is 0.714. The molecule has 0 amide bonds. The lowest BCUT2D eigenvalue weighted by Gasteiger charge is -2.30. The van der Waals surface area contributed by atoms with Crippen molar-refractivity contribution in [2.75, 3.05) is 11.4 Å². The molecule has 0 radical (unpaired) electrons. The average molecular weight is 334 g/mol. The summed E-state index contributed by atoms with van der Waals surface area (Å²) < 4.78 is 13.5. The molecule has 0 spiro atoms. The Labute approximate surface area is 146 Å². The Hall–Kier alpha value is -2.82. The lowest BCUT2D eigenvalue weighted by atomic mass is 10.00. The van der Waals surface area contributed by atoms with E-state index in [2.05, 4.69) is 40.0 Å². The van der Waals surface area contributed by atoms with E-state index in [0.717, 1.165) is 58.8 Å². The van der Waals surface area contributed by atoms with Crippen LogP contribution in [0.3, 0.4) is 0 Å². The highest BCUT2D eigenvalue weighted by Gasteiger charge is 2.21. The van der Waals surface area contributed by atoms with E-state index in [0.29, 0.717) is 0 Å². The van der Waals surface area contributed by atoms with E-state index in [9.17, 15) is 4.39 Å².